The number of likely N-dealkylation sites (N-methyl/N-ethyl adjacent to an activating group) is 1. The molecule has 20 heavy (non-hydrogen) atoms. The van der Waals surface area contributed by atoms with Gasteiger partial charge < -0.3 is 25.0 Å². The van der Waals surface area contributed by atoms with E-state index in [0.29, 0.717) is 13.1 Å². The van der Waals surface area contributed by atoms with E-state index in [9.17, 15) is 14.4 Å². The number of carbonyl (C=O) groups is 3. The fourth-order valence-corrected chi connectivity index (χ4v) is 1.94. The maximum absolute atomic E-state index is 12.0. The summed E-state index contributed by atoms with van der Waals surface area (Å²) in [7, 11) is 3.15. The van der Waals surface area contributed by atoms with Crippen molar-refractivity contribution in [2.45, 2.75) is 18.9 Å². The Morgan fingerprint density at radius 2 is 1.95 bits per heavy atom. The molecule has 0 aromatic rings. The van der Waals surface area contributed by atoms with E-state index in [1.54, 1.807) is 4.90 Å². The molecule has 8 heteroatoms. The average molecular weight is 287 g/mol. The lowest BCUT2D eigenvalue weighted by Gasteiger charge is -2.23. The van der Waals surface area contributed by atoms with Gasteiger partial charge in [0.1, 0.15) is 6.04 Å². The molecule has 0 aliphatic carbocycles. The molecule has 1 aliphatic rings. The number of aliphatic carboxylic acids is 1. The summed E-state index contributed by atoms with van der Waals surface area (Å²) in [5.41, 5.74) is 0. The molecule has 0 aromatic carbocycles. The molecular formula is C12H21N3O5. The molecule has 1 fully saturated rings. The van der Waals surface area contributed by atoms with Gasteiger partial charge in [-0.15, -0.1) is 0 Å². The molecule has 1 atom stereocenters. The van der Waals surface area contributed by atoms with E-state index in [1.807, 2.05) is 7.05 Å². The molecule has 1 aliphatic heterocycles. The van der Waals surface area contributed by atoms with Crippen molar-refractivity contribution in [1.29, 1.82) is 0 Å². The second-order valence-electron chi connectivity index (χ2n) is 4.76. The highest BCUT2D eigenvalue weighted by Crippen LogP contribution is 2.03. The van der Waals surface area contributed by atoms with Crippen molar-refractivity contribution in [3.63, 3.8) is 0 Å². The van der Waals surface area contributed by atoms with Crippen LogP contribution in [0.5, 0.6) is 0 Å². The minimum atomic E-state index is -1.27. The van der Waals surface area contributed by atoms with Gasteiger partial charge in [0.15, 0.2) is 0 Å². The number of urea groups is 1. The Balaban J connectivity index is 2.56. The van der Waals surface area contributed by atoms with Crippen LogP contribution in [0.2, 0.25) is 0 Å². The largest absolute Gasteiger partial charge is 0.480 e. The Bertz CT molecular complexity index is 374. The van der Waals surface area contributed by atoms with E-state index in [4.69, 9.17) is 5.11 Å². The van der Waals surface area contributed by atoms with Gasteiger partial charge in [-0.05, 0) is 20.0 Å². The van der Waals surface area contributed by atoms with E-state index >= 15 is 0 Å². The average Bonchev–Trinajstić information content (AvgIpc) is 2.62. The second kappa shape index (κ2) is 7.68. The molecule has 2 amide bonds. The van der Waals surface area contributed by atoms with Gasteiger partial charge in [-0.1, -0.05) is 0 Å². The van der Waals surface area contributed by atoms with Gasteiger partial charge in [0, 0.05) is 19.6 Å². The van der Waals surface area contributed by atoms with Crippen molar-refractivity contribution in [3.05, 3.63) is 0 Å². The summed E-state index contributed by atoms with van der Waals surface area (Å²) in [5, 5.41) is 11.4. The number of nitrogens with one attached hydrogen (secondary N) is 1. The maximum atomic E-state index is 12.0. The van der Waals surface area contributed by atoms with Gasteiger partial charge in [0.05, 0.1) is 13.5 Å². The zero-order valence-corrected chi connectivity index (χ0v) is 11.8. The number of hydrogen-bond acceptors (Lipinski definition) is 5. The maximum Gasteiger partial charge on any atom is 0.326 e. The smallest absolute Gasteiger partial charge is 0.326 e. The third-order valence-corrected chi connectivity index (χ3v) is 3.20. The fourth-order valence-electron chi connectivity index (χ4n) is 1.94. The first-order valence-corrected chi connectivity index (χ1v) is 6.47. The van der Waals surface area contributed by atoms with Crippen LogP contribution < -0.4 is 5.32 Å². The van der Waals surface area contributed by atoms with Gasteiger partial charge in [-0.2, -0.15) is 0 Å². The normalized spacial score (nSPS) is 18.0. The Labute approximate surface area is 117 Å². The molecule has 114 valence electrons. The first kappa shape index (κ1) is 16.2. The molecule has 0 spiro atoms. The Morgan fingerprint density at radius 3 is 2.55 bits per heavy atom. The minimum absolute atomic E-state index is 0.384. The van der Waals surface area contributed by atoms with Crippen molar-refractivity contribution in [1.82, 2.24) is 15.1 Å². The lowest BCUT2D eigenvalue weighted by Crippen LogP contribution is -2.49. The second-order valence-corrected chi connectivity index (χ2v) is 4.76. The molecule has 1 rings (SSSR count). The van der Waals surface area contributed by atoms with Crippen molar-refractivity contribution >= 4 is 18.0 Å². The van der Waals surface area contributed by atoms with Crippen molar-refractivity contribution in [3.8, 4) is 0 Å². The molecule has 0 aromatic heterocycles. The number of rotatable bonds is 4. The summed E-state index contributed by atoms with van der Waals surface area (Å²) < 4.78 is 4.42. The number of esters is 1. The van der Waals surface area contributed by atoms with Crippen LogP contribution in [0.1, 0.15) is 12.8 Å². The molecule has 0 radical (unpaired) electrons. The number of carbonyl (C=O) groups excluding carboxylic acids is 2. The summed E-state index contributed by atoms with van der Waals surface area (Å²) in [6.07, 6.45) is 0.448. The monoisotopic (exact) mass is 287 g/mol. The number of nitrogens with zero attached hydrogens (tertiary/aromatic N) is 2. The van der Waals surface area contributed by atoms with Crippen LogP contribution >= 0.6 is 0 Å². The molecular weight excluding hydrogens is 266 g/mol. The Morgan fingerprint density at radius 1 is 1.25 bits per heavy atom. The van der Waals surface area contributed by atoms with Crippen LogP contribution in [0.15, 0.2) is 0 Å². The number of methoxy groups -OCH3 is 1. The third kappa shape index (κ3) is 5.04. The standard InChI is InChI=1S/C12H21N3O5/c1-14-4-3-5-15(7-6-14)12(19)13-9(11(17)18)8-10(16)20-2/h9H,3-8H2,1-2H3,(H,13,19)(H,17,18)/t9-/m0/s1. The van der Waals surface area contributed by atoms with Crippen molar-refractivity contribution in [2.24, 2.45) is 0 Å². The minimum Gasteiger partial charge on any atom is -0.480 e. The number of ether oxygens (including phenoxy) is 1. The Kier molecular flexibility index (Phi) is 6.23. The van der Waals surface area contributed by atoms with E-state index in [-0.39, 0.29) is 6.42 Å². The number of amides is 2. The SMILES string of the molecule is COC(=O)C[C@H](NC(=O)N1CCCN(C)CC1)C(=O)O. The van der Waals surface area contributed by atoms with Crippen LogP contribution in [-0.4, -0.2) is 79.3 Å². The fraction of sp³-hybridized carbons (Fsp3) is 0.750. The van der Waals surface area contributed by atoms with Crippen LogP contribution in [0.25, 0.3) is 0 Å². The lowest BCUT2D eigenvalue weighted by molar-refractivity contribution is -0.147. The lowest BCUT2D eigenvalue weighted by atomic mass is 10.2. The Hall–Kier alpha value is -1.83. The summed E-state index contributed by atoms with van der Waals surface area (Å²) in [6, 6.07) is -1.73. The van der Waals surface area contributed by atoms with Crippen LogP contribution in [-0.2, 0) is 14.3 Å². The predicted octanol–water partition coefficient (Wildman–Crippen LogP) is -0.650. The van der Waals surface area contributed by atoms with Crippen LogP contribution in [0, 0.1) is 0 Å². The van der Waals surface area contributed by atoms with Gasteiger partial charge in [0.2, 0.25) is 0 Å². The topological polar surface area (TPSA) is 99.2 Å². The van der Waals surface area contributed by atoms with Gasteiger partial charge in [0.25, 0.3) is 0 Å². The van der Waals surface area contributed by atoms with Crippen molar-refractivity contribution in [2.75, 3.05) is 40.3 Å². The quantitative estimate of drug-likeness (QED) is 0.667. The number of hydrogen-bond donors (Lipinski definition) is 2. The third-order valence-electron chi connectivity index (χ3n) is 3.20. The molecule has 1 heterocycles. The van der Waals surface area contributed by atoms with Crippen molar-refractivity contribution < 1.29 is 24.2 Å². The van der Waals surface area contributed by atoms with E-state index in [0.717, 1.165) is 19.5 Å². The molecule has 0 unspecified atom stereocenters. The van der Waals surface area contributed by atoms with E-state index in [1.165, 1.54) is 7.11 Å². The first-order valence-electron chi connectivity index (χ1n) is 6.47. The van der Waals surface area contributed by atoms with Crippen LogP contribution in [0.4, 0.5) is 4.79 Å². The number of carboxylic acids is 1. The highest BCUT2D eigenvalue weighted by Gasteiger charge is 2.26. The van der Waals surface area contributed by atoms with Gasteiger partial charge >= 0.3 is 18.0 Å². The highest BCUT2D eigenvalue weighted by molar-refractivity contribution is 5.86. The zero-order valence-electron chi connectivity index (χ0n) is 11.8. The first-order chi connectivity index (χ1) is 9.43. The van der Waals surface area contributed by atoms with E-state index in [2.05, 4.69) is 15.0 Å². The highest BCUT2D eigenvalue weighted by atomic mass is 16.5. The van der Waals surface area contributed by atoms with E-state index < -0.39 is 24.0 Å². The molecule has 0 saturated carbocycles. The molecule has 2 N–H and O–H groups in total. The molecule has 0 bridgehead atoms. The van der Waals surface area contributed by atoms with Gasteiger partial charge in [-0.3, -0.25) is 4.79 Å². The molecule has 1 saturated heterocycles. The predicted molar refractivity (Wildman–Crippen MR) is 70.3 cm³/mol. The van der Waals surface area contributed by atoms with Gasteiger partial charge in [-0.25, -0.2) is 9.59 Å². The number of carboxylic acid groups (broad SMARTS) is 1. The summed E-state index contributed by atoms with van der Waals surface area (Å²) >= 11 is 0. The summed E-state index contributed by atoms with van der Waals surface area (Å²) in [6.45, 7) is 2.74. The summed E-state index contributed by atoms with van der Waals surface area (Å²) in [5.74, 6) is -1.93. The summed E-state index contributed by atoms with van der Waals surface area (Å²) in [4.78, 5) is 37.9. The van der Waals surface area contributed by atoms with Crippen LogP contribution in [0.3, 0.4) is 0 Å². The zero-order chi connectivity index (χ0) is 15.1. The molecule has 8 nitrogen and oxygen atoms in total.